The Balaban J connectivity index is 2.58. The highest BCUT2D eigenvalue weighted by molar-refractivity contribution is 6.21. The molecule has 1 aromatic carbocycles. The van der Waals surface area contributed by atoms with Gasteiger partial charge in [0.2, 0.25) is 0 Å². The van der Waals surface area contributed by atoms with Gasteiger partial charge in [0.05, 0.1) is 17.5 Å². The summed E-state index contributed by atoms with van der Waals surface area (Å²) in [5.41, 5.74) is 0.226. The summed E-state index contributed by atoms with van der Waals surface area (Å²) in [5.74, 6) is -2.81. The van der Waals surface area contributed by atoms with E-state index in [1.807, 2.05) is 0 Å². The summed E-state index contributed by atoms with van der Waals surface area (Å²) in [6.07, 6.45) is -0.365. The third-order valence-corrected chi connectivity index (χ3v) is 2.32. The zero-order valence-corrected chi connectivity index (χ0v) is 8.01. The quantitative estimate of drug-likeness (QED) is 0.553. The molecule has 0 bridgehead atoms. The van der Waals surface area contributed by atoms with Crippen LogP contribution in [0, 0.1) is 0 Å². The average Bonchev–Trinajstić information content (AvgIpc) is 2.44. The molecule has 82 valence electrons. The first kappa shape index (κ1) is 10.3. The van der Waals surface area contributed by atoms with Crippen molar-refractivity contribution in [1.82, 2.24) is 5.06 Å². The second-order valence-electron chi connectivity index (χ2n) is 3.33. The number of imide groups is 1. The molecule has 0 fully saturated rings. The maximum absolute atomic E-state index is 11.5. The van der Waals surface area contributed by atoms with Crippen molar-refractivity contribution in [1.29, 1.82) is 0 Å². The summed E-state index contributed by atoms with van der Waals surface area (Å²) in [5, 5.41) is 17.8. The molecule has 16 heavy (non-hydrogen) atoms. The van der Waals surface area contributed by atoms with Crippen LogP contribution in [-0.4, -0.2) is 33.2 Å². The van der Waals surface area contributed by atoms with Crippen molar-refractivity contribution in [3.8, 4) is 0 Å². The van der Waals surface area contributed by atoms with Crippen molar-refractivity contribution in [2.45, 2.75) is 6.42 Å². The Labute approximate surface area is 89.7 Å². The van der Waals surface area contributed by atoms with Gasteiger partial charge in [0.1, 0.15) is 0 Å². The first-order valence-electron chi connectivity index (χ1n) is 4.43. The second-order valence-corrected chi connectivity index (χ2v) is 3.33. The fourth-order valence-corrected chi connectivity index (χ4v) is 1.65. The molecule has 2 amide bonds. The molecule has 0 saturated carbocycles. The molecule has 0 saturated heterocycles. The van der Waals surface area contributed by atoms with Gasteiger partial charge in [-0.2, -0.15) is 0 Å². The molecular weight excluding hydrogens is 214 g/mol. The van der Waals surface area contributed by atoms with Gasteiger partial charge in [-0.1, -0.05) is 12.1 Å². The minimum Gasteiger partial charge on any atom is -0.481 e. The lowest BCUT2D eigenvalue weighted by atomic mass is 10.0. The Morgan fingerprint density at radius 2 is 1.94 bits per heavy atom. The Bertz CT molecular complexity index is 508. The first-order chi connectivity index (χ1) is 7.52. The van der Waals surface area contributed by atoms with Gasteiger partial charge in [-0.3, -0.25) is 19.6 Å². The van der Waals surface area contributed by atoms with Gasteiger partial charge in [0, 0.05) is 0 Å². The van der Waals surface area contributed by atoms with E-state index in [1.165, 1.54) is 18.2 Å². The topological polar surface area (TPSA) is 94.9 Å². The van der Waals surface area contributed by atoms with E-state index < -0.39 is 17.8 Å². The van der Waals surface area contributed by atoms with Crippen molar-refractivity contribution in [3.05, 3.63) is 34.9 Å². The number of carboxylic acid groups (broad SMARTS) is 1. The Kier molecular flexibility index (Phi) is 2.21. The highest BCUT2D eigenvalue weighted by Gasteiger charge is 2.36. The summed E-state index contributed by atoms with van der Waals surface area (Å²) < 4.78 is 0. The SMILES string of the molecule is O=C(O)Cc1cccc2c1C(=O)N(O)C2=O. The predicted octanol–water partition coefficient (Wildman–Crippen LogP) is 0.299. The van der Waals surface area contributed by atoms with Crippen LogP contribution in [0.5, 0.6) is 0 Å². The zero-order valence-electron chi connectivity index (χ0n) is 8.01. The van der Waals surface area contributed by atoms with Crippen LogP contribution >= 0.6 is 0 Å². The lowest BCUT2D eigenvalue weighted by Gasteiger charge is -2.02. The van der Waals surface area contributed by atoms with Crippen molar-refractivity contribution in [3.63, 3.8) is 0 Å². The molecule has 1 aliphatic rings. The van der Waals surface area contributed by atoms with Crippen LogP contribution < -0.4 is 0 Å². The summed E-state index contributed by atoms with van der Waals surface area (Å²) in [7, 11) is 0. The molecule has 0 aromatic heterocycles. The van der Waals surface area contributed by atoms with Crippen LogP contribution in [0.3, 0.4) is 0 Å². The highest BCUT2D eigenvalue weighted by atomic mass is 16.5. The van der Waals surface area contributed by atoms with Crippen LogP contribution in [0.1, 0.15) is 26.3 Å². The van der Waals surface area contributed by atoms with E-state index in [-0.39, 0.29) is 28.2 Å². The van der Waals surface area contributed by atoms with Crippen LogP contribution in [0.2, 0.25) is 0 Å². The molecule has 1 aliphatic heterocycles. The van der Waals surface area contributed by atoms with Gasteiger partial charge in [0.25, 0.3) is 11.8 Å². The molecule has 0 atom stereocenters. The van der Waals surface area contributed by atoms with Crippen LogP contribution in [0.15, 0.2) is 18.2 Å². The molecule has 0 spiro atoms. The van der Waals surface area contributed by atoms with Crippen molar-refractivity contribution >= 4 is 17.8 Å². The summed E-state index contributed by atoms with van der Waals surface area (Å²) in [6, 6.07) is 4.29. The average molecular weight is 221 g/mol. The highest BCUT2D eigenvalue weighted by Crippen LogP contribution is 2.25. The number of hydrogen-bond donors (Lipinski definition) is 2. The van der Waals surface area contributed by atoms with Gasteiger partial charge in [0.15, 0.2) is 0 Å². The number of carboxylic acids is 1. The number of carbonyl (C=O) groups is 3. The molecule has 6 heteroatoms. The maximum Gasteiger partial charge on any atom is 0.307 e. The fraction of sp³-hybridized carbons (Fsp3) is 0.100. The van der Waals surface area contributed by atoms with Crippen LogP contribution in [0.25, 0.3) is 0 Å². The van der Waals surface area contributed by atoms with E-state index in [9.17, 15) is 14.4 Å². The van der Waals surface area contributed by atoms with E-state index in [0.29, 0.717) is 0 Å². The van der Waals surface area contributed by atoms with Crippen LogP contribution in [-0.2, 0) is 11.2 Å². The monoisotopic (exact) mass is 221 g/mol. The molecule has 0 unspecified atom stereocenters. The van der Waals surface area contributed by atoms with E-state index in [2.05, 4.69) is 0 Å². The number of rotatable bonds is 2. The van der Waals surface area contributed by atoms with Gasteiger partial charge >= 0.3 is 5.97 Å². The van der Waals surface area contributed by atoms with Crippen molar-refractivity contribution in [2.75, 3.05) is 0 Å². The number of amides is 2. The van der Waals surface area contributed by atoms with Crippen LogP contribution in [0.4, 0.5) is 0 Å². The third-order valence-electron chi connectivity index (χ3n) is 2.32. The summed E-state index contributed by atoms with van der Waals surface area (Å²) in [6.45, 7) is 0. The Morgan fingerprint density at radius 1 is 1.25 bits per heavy atom. The van der Waals surface area contributed by atoms with Crippen molar-refractivity contribution < 1.29 is 24.7 Å². The minimum atomic E-state index is -1.11. The molecule has 1 aromatic rings. The van der Waals surface area contributed by atoms with E-state index in [1.54, 1.807) is 0 Å². The molecule has 1 heterocycles. The van der Waals surface area contributed by atoms with Gasteiger partial charge in [-0.05, 0) is 11.6 Å². The fourth-order valence-electron chi connectivity index (χ4n) is 1.65. The van der Waals surface area contributed by atoms with Gasteiger partial charge in [-0.15, -0.1) is 5.06 Å². The number of aliphatic carboxylic acids is 1. The maximum atomic E-state index is 11.5. The number of nitrogens with zero attached hydrogens (tertiary/aromatic N) is 1. The molecule has 0 radical (unpaired) electrons. The largest absolute Gasteiger partial charge is 0.481 e. The first-order valence-corrected chi connectivity index (χ1v) is 4.43. The van der Waals surface area contributed by atoms with Crippen molar-refractivity contribution in [2.24, 2.45) is 0 Å². The summed E-state index contributed by atoms with van der Waals surface area (Å²) >= 11 is 0. The van der Waals surface area contributed by atoms with E-state index >= 15 is 0 Å². The lowest BCUT2D eigenvalue weighted by molar-refractivity contribution is -0.136. The number of carbonyl (C=O) groups excluding carboxylic acids is 2. The number of fused-ring (bicyclic) bond motifs is 1. The minimum absolute atomic E-state index is 0.00395. The zero-order chi connectivity index (χ0) is 11.9. The standard InChI is InChI=1S/C10H7NO5/c12-7(13)4-5-2-1-3-6-8(5)10(15)11(16)9(6)14/h1-3,16H,4H2,(H,12,13). The normalized spacial score (nSPS) is 14.2. The number of benzene rings is 1. The molecule has 0 aliphatic carbocycles. The molecule has 6 nitrogen and oxygen atoms in total. The van der Waals surface area contributed by atoms with E-state index in [0.717, 1.165) is 0 Å². The molecule has 2 N–H and O–H groups in total. The lowest BCUT2D eigenvalue weighted by Crippen LogP contribution is -2.25. The summed E-state index contributed by atoms with van der Waals surface area (Å²) in [4.78, 5) is 33.4. The predicted molar refractivity (Wildman–Crippen MR) is 50.1 cm³/mol. The van der Waals surface area contributed by atoms with Gasteiger partial charge < -0.3 is 5.11 Å². The number of hydroxylamine groups is 2. The Hall–Kier alpha value is -2.21. The van der Waals surface area contributed by atoms with Gasteiger partial charge in [-0.25, -0.2) is 0 Å². The molecular formula is C10H7NO5. The number of hydrogen-bond acceptors (Lipinski definition) is 4. The Morgan fingerprint density at radius 3 is 2.56 bits per heavy atom. The molecule has 2 rings (SSSR count). The third kappa shape index (κ3) is 1.36. The van der Waals surface area contributed by atoms with E-state index in [4.69, 9.17) is 10.3 Å². The second kappa shape index (κ2) is 3.42. The smallest absolute Gasteiger partial charge is 0.307 e.